The zero-order chi connectivity index (χ0) is 10.3. The van der Waals surface area contributed by atoms with E-state index in [1.54, 1.807) is 6.92 Å². The highest BCUT2D eigenvalue weighted by atomic mass is 79.9. The van der Waals surface area contributed by atoms with Crippen LogP contribution in [0.25, 0.3) is 0 Å². The Morgan fingerprint density at radius 3 is 2.08 bits per heavy atom. The Labute approximate surface area is 87.4 Å². The number of nitrogens with zero attached hydrogens (tertiary/aromatic N) is 1. The van der Waals surface area contributed by atoms with Crippen molar-refractivity contribution in [3.05, 3.63) is 34.3 Å². The number of hydrogen-bond donors (Lipinski definition) is 1. The molecule has 0 atom stereocenters. The van der Waals surface area contributed by atoms with E-state index in [0.717, 1.165) is 10.0 Å². The number of halogens is 1. The van der Waals surface area contributed by atoms with E-state index in [4.69, 9.17) is 5.21 Å². The molecule has 1 rings (SSSR count). The second-order valence-corrected chi connectivity index (χ2v) is 3.11. The quantitative estimate of drug-likeness (QED) is 0.456. The van der Waals surface area contributed by atoms with E-state index in [-0.39, 0.29) is 0 Å². The second-order valence-electron chi connectivity index (χ2n) is 2.19. The molecular weight excluding hydrogens is 230 g/mol. The van der Waals surface area contributed by atoms with Gasteiger partial charge < -0.3 is 5.21 Å². The summed E-state index contributed by atoms with van der Waals surface area (Å²) < 4.78 is 1.02. The van der Waals surface area contributed by atoms with Crippen LogP contribution in [0.15, 0.2) is 33.9 Å². The van der Waals surface area contributed by atoms with Gasteiger partial charge in [0.25, 0.3) is 0 Å². The van der Waals surface area contributed by atoms with Crippen LogP contribution in [0, 0.1) is 0 Å². The Hall–Kier alpha value is -0.830. The summed E-state index contributed by atoms with van der Waals surface area (Å²) in [5.41, 5.74) is 1.55. The summed E-state index contributed by atoms with van der Waals surface area (Å²) in [7, 11) is 0. The van der Waals surface area contributed by atoms with E-state index >= 15 is 0 Å². The Morgan fingerprint density at radius 2 is 1.69 bits per heavy atom. The molecule has 0 aromatic heterocycles. The predicted octanol–water partition coefficient (Wildman–Crippen LogP) is 3.67. The van der Waals surface area contributed by atoms with E-state index in [9.17, 15) is 0 Å². The monoisotopic (exact) mass is 243 g/mol. The summed E-state index contributed by atoms with van der Waals surface area (Å²) in [5.74, 6) is 0. The van der Waals surface area contributed by atoms with Crippen LogP contribution in [0.4, 0.5) is 0 Å². The molecule has 0 radical (unpaired) electrons. The molecule has 13 heavy (non-hydrogen) atoms. The van der Waals surface area contributed by atoms with E-state index in [0.29, 0.717) is 5.71 Å². The molecule has 1 N–H and O–H groups in total. The third-order valence-corrected chi connectivity index (χ3v) is 1.94. The molecule has 0 aliphatic carbocycles. The molecule has 0 unspecified atom stereocenters. The average Bonchev–Trinajstić information content (AvgIpc) is 2.21. The van der Waals surface area contributed by atoms with Crippen LogP contribution in [-0.2, 0) is 0 Å². The van der Waals surface area contributed by atoms with Crippen molar-refractivity contribution in [1.29, 1.82) is 0 Å². The van der Waals surface area contributed by atoms with Gasteiger partial charge in [-0.15, -0.1) is 0 Å². The molecule has 0 bridgehead atoms. The lowest BCUT2D eigenvalue weighted by Crippen LogP contribution is -1.92. The summed E-state index contributed by atoms with van der Waals surface area (Å²) in [5, 5.41) is 11.5. The van der Waals surface area contributed by atoms with Crippen LogP contribution in [-0.4, -0.2) is 10.9 Å². The SMILES string of the molecule is C/C(=N/O)c1ccc(Br)cc1.CC. The van der Waals surface area contributed by atoms with Crippen molar-refractivity contribution in [2.45, 2.75) is 20.8 Å². The molecule has 2 nitrogen and oxygen atoms in total. The first-order valence-electron chi connectivity index (χ1n) is 4.18. The van der Waals surface area contributed by atoms with Crippen molar-refractivity contribution in [2.24, 2.45) is 5.16 Å². The minimum Gasteiger partial charge on any atom is -0.411 e. The number of oxime groups is 1. The summed E-state index contributed by atoms with van der Waals surface area (Å²) in [6, 6.07) is 7.59. The summed E-state index contributed by atoms with van der Waals surface area (Å²) in [6.07, 6.45) is 0. The lowest BCUT2D eigenvalue weighted by Gasteiger charge is -1.96. The maximum absolute atomic E-state index is 8.43. The minimum absolute atomic E-state index is 0.623. The first-order valence-corrected chi connectivity index (χ1v) is 4.98. The molecule has 0 aliphatic rings. The second kappa shape index (κ2) is 6.66. The van der Waals surface area contributed by atoms with Gasteiger partial charge in [-0.3, -0.25) is 0 Å². The van der Waals surface area contributed by atoms with Gasteiger partial charge in [-0.1, -0.05) is 47.1 Å². The van der Waals surface area contributed by atoms with Crippen molar-refractivity contribution >= 4 is 21.6 Å². The van der Waals surface area contributed by atoms with Gasteiger partial charge in [0.05, 0.1) is 5.71 Å². The molecule has 0 saturated heterocycles. The molecule has 1 aromatic carbocycles. The van der Waals surface area contributed by atoms with Crippen LogP contribution >= 0.6 is 15.9 Å². The van der Waals surface area contributed by atoms with Gasteiger partial charge in [0.15, 0.2) is 0 Å². The number of rotatable bonds is 1. The fourth-order valence-electron chi connectivity index (χ4n) is 0.749. The fourth-order valence-corrected chi connectivity index (χ4v) is 1.01. The van der Waals surface area contributed by atoms with Crippen LogP contribution < -0.4 is 0 Å². The van der Waals surface area contributed by atoms with Crippen molar-refractivity contribution in [1.82, 2.24) is 0 Å². The Bertz CT molecular complexity index is 267. The van der Waals surface area contributed by atoms with Crippen molar-refractivity contribution in [2.75, 3.05) is 0 Å². The molecule has 0 spiro atoms. The Balaban J connectivity index is 0.000000671. The van der Waals surface area contributed by atoms with Gasteiger partial charge in [-0.2, -0.15) is 0 Å². The molecule has 3 heteroatoms. The fraction of sp³-hybridized carbons (Fsp3) is 0.300. The highest BCUT2D eigenvalue weighted by molar-refractivity contribution is 9.10. The van der Waals surface area contributed by atoms with E-state index in [1.807, 2.05) is 38.1 Å². The van der Waals surface area contributed by atoms with E-state index in [1.165, 1.54) is 0 Å². The number of hydrogen-bond acceptors (Lipinski definition) is 2. The lowest BCUT2D eigenvalue weighted by atomic mass is 10.1. The van der Waals surface area contributed by atoms with Crippen molar-refractivity contribution in [3.8, 4) is 0 Å². The minimum atomic E-state index is 0.623. The van der Waals surface area contributed by atoms with Gasteiger partial charge >= 0.3 is 0 Å². The maximum Gasteiger partial charge on any atom is 0.0836 e. The molecular formula is C10H14BrNO. The summed E-state index contributed by atoms with van der Waals surface area (Å²) >= 11 is 3.31. The zero-order valence-corrected chi connectivity index (χ0v) is 9.67. The van der Waals surface area contributed by atoms with Crippen LogP contribution in [0.5, 0.6) is 0 Å². The topological polar surface area (TPSA) is 32.6 Å². The van der Waals surface area contributed by atoms with Crippen molar-refractivity contribution in [3.63, 3.8) is 0 Å². The van der Waals surface area contributed by atoms with Crippen LogP contribution in [0.2, 0.25) is 0 Å². The Morgan fingerprint density at radius 1 is 1.23 bits per heavy atom. The molecule has 0 aliphatic heterocycles. The van der Waals surface area contributed by atoms with Gasteiger partial charge in [0, 0.05) is 4.47 Å². The highest BCUT2D eigenvalue weighted by Gasteiger charge is 1.95. The number of benzene rings is 1. The Kier molecular flexibility index (Phi) is 6.24. The standard InChI is InChI=1S/C8H8BrNO.C2H6/c1-6(10-11)7-2-4-8(9)5-3-7;1-2/h2-5,11H,1H3;1-2H3/b10-6-;. The molecule has 72 valence electrons. The van der Waals surface area contributed by atoms with Crippen LogP contribution in [0.3, 0.4) is 0 Å². The zero-order valence-electron chi connectivity index (χ0n) is 8.08. The van der Waals surface area contributed by atoms with Gasteiger partial charge in [-0.05, 0) is 24.6 Å². The summed E-state index contributed by atoms with van der Waals surface area (Å²) in [6.45, 7) is 5.75. The first kappa shape index (κ1) is 12.2. The molecule has 1 aromatic rings. The van der Waals surface area contributed by atoms with Crippen molar-refractivity contribution < 1.29 is 5.21 Å². The average molecular weight is 244 g/mol. The van der Waals surface area contributed by atoms with Gasteiger partial charge in [0.1, 0.15) is 0 Å². The van der Waals surface area contributed by atoms with Crippen LogP contribution in [0.1, 0.15) is 26.3 Å². The third-order valence-electron chi connectivity index (χ3n) is 1.41. The predicted molar refractivity (Wildman–Crippen MR) is 59.5 cm³/mol. The third kappa shape index (κ3) is 4.08. The van der Waals surface area contributed by atoms with E-state index < -0.39 is 0 Å². The van der Waals surface area contributed by atoms with Gasteiger partial charge in [-0.25, -0.2) is 0 Å². The normalized spacial score (nSPS) is 10.3. The largest absolute Gasteiger partial charge is 0.411 e. The molecule has 0 heterocycles. The lowest BCUT2D eigenvalue weighted by molar-refractivity contribution is 0.319. The van der Waals surface area contributed by atoms with Gasteiger partial charge in [0.2, 0.25) is 0 Å². The highest BCUT2D eigenvalue weighted by Crippen LogP contribution is 2.10. The van der Waals surface area contributed by atoms with E-state index in [2.05, 4.69) is 21.1 Å². The first-order chi connectivity index (χ1) is 6.24. The summed E-state index contributed by atoms with van der Waals surface area (Å²) in [4.78, 5) is 0. The maximum atomic E-state index is 8.43. The molecule has 0 saturated carbocycles. The molecule has 0 fully saturated rings. The smallest absolute Gasteiger partial charge is 0.0836 e. The molecule has 0 amide bonds.